The fourth-order valence-corrected chi connectivity index (χ4v) is 3.35. The Kier molecular flexibility index (Phi) is 5.80. The zero-order chi connectivity index (χ0) is 15.4. The van der Waals surface area contributed by atoms with Gasteiger partial charge in [0.25, 0.3) is 0 Å². The maximum absolute atomic E-state index is 3.70. The molecule has 2 atom stereocenters. The molecule has 2 rings (SSSR count). The second-order valence-corrected chi connectivity index (χ2v) is 6.53. The smallest absolute Gasteiger partial charge is 0.0338 e. The molecule has 3 heteroatoms. The van der Waals surface area contributed by atoms with E-state index in [1.807, 2.05) is 0 Å². The number of hydrogen-bond acceptors (Lipinski definition) is 3. The van der Waals surface area contributed by atoms with Crippen LogP contribution in [0.2, 0.25) is 0 Å². The van der Waals surface area contributed by atoms with Crippen molar-refractivity contribution in [1.82, 2.24) is 15.1 Å². The van der Waals surface area contributed by atoms with E-state index in [0.717, 1.165) is 6.54 Å². The van der Waals surface area contributed by atoms with Gasteiger partial charge < -0.3 is 15.1 Å². The van der Waals surface area contributed by atoms with E-state index in [1.54, 1.807) is 0 Å². The van der Waals surface area contributed by atoms with Crippen molar-refractivity contribution >= 4 is 0 Å². The number of hydrogen-bond donors (Lipinski definition) is 1. The van der Waals surface area contributed by atoms with E-state index >= 15 is 0 Å². The molecule has 0 radical (unpaired) electrons. The Morgan fingerprint density at radius 3 is 2.71 bits per heavy atom. The van der Waals surface area contributed by atoms with Gasteiger partial charge in [0, 0.05) is 31.7 Å². The molecule has 1 N–H and O–H groups in total. The molecule has 0 aliphatic carbocycles. The number of nitrogens with one attached hydrogen (secondary N) is 1. The van der Waals surface area contributed by atoms with Gasteiger partial charge in [-0.25, -0.2) is 0 Å². The standard InChI is InChI=1S/C18H31N3/c1-6-19-18(17-9-7-8-14(2)15(17)3)12-16-13-20(4)10-11-21(16)5/h7-9,16,18-19H,6,10-13H2,1-5H3. The molecule has 0 saturated carbocycles. The van der Waals surface area contributed by atoms with Crippen LogP contribution in [0.25, 0.3) is 0 Å². The third-order valence-corrected chi connectivity index (χ3v) is 4.96. The first-order valence-electron chi connectivity index (χ1n) is 8.21. The molecular formula is C18H31N3. The minimum absolute atomic E-state index is 0.453. The number of benzene rings is 1. The van der Waals surface area contributed by atoms with Crippen LogP contribution in [0.1, 0.15) is 36.1 Å². The maximum atomic E-state index is 3.70. The van der Waals surface area contributed by atoms with Gasteiger partial charge in [-0.2, -0.15) is 0 Å². The van der Waals surface area contributed by atoms with Gasteiger partial charge in [-0.3, -0.25) is 0 Å². The Labute approximate surface area is 130 Å². The second kappa shape index (κ2) is 7.39. The predicted octanol–water partition coefficient (Wildman–Crippen LogP) is 2.59. The van der Waals surface area contributed by atoms with Crippen molar-refractivity contribution in [1.29, 1.82) is 0 Å². The third kappa shape index (κ3) is 4.06. The summed E-state index contributed by atoms with van der Waals surface area (Å²) < 4.78 is 0. The van der Waals surface area contributed by atoms with Crippen LogP contribution in [0.5, 0.6) is 0 Å². The lowest BCUT2D eigenvalue weighted by Gasteiger charge is -2.39. The average Bonchev–Trinajstić information content (AvgIpc) is 2.45. The molecule has 1 heterocycles. The molecule has 1 saturated heterocycles. The molecule has 3 nitrogen and oxygen atoms in total. The molecule has 1 aromatic rings. The van der Waals surface area contributed by atoms with Crippen LogP contribution in [0.3, 0.4) is 0 Å². The molecule has 0 aromatic heterocycles. The van der Waals surface area contributed by atoms with Gasteiger partial charge in [0.15, 0.2) is 0 Å². The van der Waals surface area contributed by atoms with E-state index < -0.39 is 0 Å². The zero-order valence-corrected chi connectivity index (χ0v) is 14.3. The van der Waals surface area contributed by atoms with Gasteiger partial charge in [-0.15, -0.1) is 0 Å². The largest absolute Gasteiger partial charge is 0.310 e. The Balaban J connectivity index is 2.16. The van der Waals surface area contributed by atoms with Crippen LogP contribution < -0.4 is 5.32 Å². The Hall–Kier alpha value is -0.900. The quantitative estimate of drug-likeness (QED) is 0.899. The van der Waals surface area contributed by atoms with Crippen molar-refractivity contribution in [2.45, 2.75) is 39.3 Å². The highest BCUT2D eigenvalue weighted by atomic mass is 15.3. The van der Waals surface area contributed by atoms with E-state index in [9.17, 15) is 0 Å². The highest BCUT2D eigenvalue weighted by molar-refractivity contribution is 5.35. The molecule has 1 aliphatic heterocycles. The van der Waals surface area contributed by atoms with Crippen LogP contribution >= 0.6 is 0 Å². The van der Waals surface area contributed by atoms with Crippen molar-refractivity contribution in [3.05, 3.63) is 34.9 Å². The molecule has 2 unspecified atom stereocenters. The predicted molar refractivity (Wildman–Crippen MR) is 90.9 cm³/mol. The summed E-state index contributed by atoms with van der Waals surface area (Å²) in [7, 11) is 4.50. The fraction of sp³-hybridized carbons (Fsp3) is 0.667. The van der Waals surface area contributed by atoms with Crippen LogP contribution in [0.4, 0.5) is 0 Å². The first kappa shape index (κ1) is 16.5. The summed E-state index contributed by atoms with van der Waals surface area (Å²) in [5.41, 5.74) is 4.30. The molecule has 118 valence electrons. The molecule has 1 aliphatic rings. The minimum Gasteiger partial charge on any atom is -0.310 e. The van der Waals surface area contributed by atoms with E-state index in [0.29, 0.717) is 12.1 Å². The average molecular weight is 289 g/mol. The zero-order valence-electron chi connectivity index (χ0n) is 14.3. The third-order valence-electron chi connectivity index (χ3n) is 4.96. The number of likely N-dealkylation sites (N-methyl/N-ethyl adjacent to an activating group) is 2. The molecule has 21 heavy (non-hydrogen) atoms. The van der Waals surface area contributed by atoms with Crippen LogP contribution in [0, 0.1) is 13.8 Å². The van der Waals surface area contributed by atoms with Crippen LogP contribution in [-0.4, -0.2) is 56.1 Å². The molecule has 1 fully saturated rings. The Morgan fingerprint density at radius 2 is 2.00 bits per heavy atom. The lowest BCUT2D eigenvalue weighted by Crippen LogP contribution is -2.51. The normalized spacial score (nSPS) is 22.4. The van der Waals surface area contributed by atoms with Gasteiger partial charge in [0.1, 0.15) is 0 Å². The summed E-state index contributed by atoms with van der Waals surface area (Å²) in [5.74, 6) is 0. The van der Waals surface area contributed by atoms with Gasteiger partial charge in [0.2, 0.25) is 0 Å². The number of rotatable bonds is 5. The first-order chi connectivity index (χ1) is 10.0. The number of piperazine rings is 1. The Bertz CT molecular complexity index is 458. The number of nitrogens with zero attached hydrogens (tertiary/aromatic N) is 2. The monoisotopic (exact) mass is 289 g/mol. The van der Waals surface area contributed by atoms with Crippen molar-refractivity contribution in [2.24, 2.45) is 0 Å². The minimum atomic E-state index is 0.453. The summed E-state index contributed by atoms with van der Waals surface area (Å²) in [6, 6.07) is 7.78. The van der Waals surface area contributed by atoms with E-state index in [1.165, 1.54) is 42.7 Å². The summed E-state index contributed by atoms with van der Waals surface area (Å²) in [5, 5.41) is 3.70. The SMILES string of the molecule is CCNC(CC1CN(C)CCN1C)c1cccc(C)c1C. The summed E-state index contributed by atoms with van der Waals surface area (Å²) in [6.07, 6.45) is 1.18. The topological polar surface area (TPSA) is 18.5 Å². The molecule has 0 spiro atoms. The Morgan fingerprint density at radius 1 is 1.24 bits per heavy atom. The van der Waals surface area contributed by atoms with Crippen molar-refractivity contribution in [2.75, 3.05) is 40.3 Å². The maximum Gasteiger partial charge on any atom is 0.0338 e. The molecular weight excluding hydrogens is 258 g/mol. The first-order valence-corrected chi connectivity index (χ1v) is 8.21. The van der Waals surface area contributed by atoms with E-state index in [4.69, 9.17) is 0 Å². The van der Waals surface area contributed by atoms with Crippen molar-refractivity contribution in [3.8, 4) is 0 Å². The van der Waals surface area contributed by atoms with E-state index in [-0.39, 0.29) is 0 Å². The van der Waals surface area contributed by atoms with Crippen LogP contribution in [0.15, 0.2) is 18.2 Å². The van der Waals surface area contributed by atoms with E-state index in [2.05, 4.69) is 68.2 Å². The van der Waals surface area contributed by atoms with Crippen molar-refractivity contribution in [3.63, 3.8) is 0 Å². The van der Waals surface area contributed by atoms with Crippen molar-refractivity contribution < 1.29 is 0 Å². The molecule has 1 aromatic carbocycles. The summed E-state index contributed by atoms with van der Waals surface area (Å²) >= 11 is 0. The van der Waals surface area contributed by atoms with Crippen LogP contribution in [-0.2, 0) is 0 Å². The summed E-state index contributed by atoms with van der Waals surface area (Å²) in [6.45, 7) is 11.2. The number of aryl methyl sites for hydroxylation is 1. The van der Waals surface area contributed by atoms with Gasteiger partial charge >= 0.3 is 0 Å². The van der Waals surface area contributed by atoms with Gasteiger partial charge in [-0.05, 0) is 57.6 Å². The lowest BCUT2D eigenvalue weighted by atomic mass is 9.92. The van der Waals surface area contributed by atoms with Gasteiger partial charge in [-0.1, -0.05) is 25.1 Å². The molecule has 0 bridgehead atoms. The highest BCUT2D eigenvalue weighted by Crippen LogP contribution is 2.26. The van der Waals surface area contributed by atoms with Gasteiger partial charge in [0.05, 0.1) is 0 Å². The molecule has 0 amide bonds. The second-order valence-electron chi connectivity index (χ2n) is 6.53. The highest BCUT2D eigenvalue weighted by Gasteiger charge is 2.26. The lowest BCUT2D eigenvalue weighted by molar-refractivity contribution is 0.101. The fourth-order valence-electron chi connectivity index (χ4n) is 3.35. The summed E-state index contributed by atoms with van der Waals surface area (Å²) in [4.78, 5) is 4.98.